The van der Waals surface area contributed by atoms with Crippen molar-refractivity contribution in [2.75, 3.05) is 31.5 Å². The number of nitrogens with zero attached hydrogens (tertiary/aromatic N) is 2. The summed E-state index contributed by atoms with van der Waals surface area (Å²) >= 11 is 19.1. The fourth-order valence-corrected chi connectivity index (χ4v) is 5.51. The van der Waals surface area contributed by atoms with Crippen LogP contribution in [-0.2, 0) is 6.18 Å². The number of piperazine rings is 1. The second-order valence-electron chi connectivity index (χ2n) is 7.14. The summed E-state index contributed by atoms with van der Waals surface area (Å²) in [5.74, 6) is -0.187. The minimum atomic E-state index is -4.49. The summed E-state index contributed by atoms with van der Waals surface area (Å²) in [7, 11) is 0. The highest BCUT2D eigenvalue weighted by Gasteiger charge is 2.34. The highest BCUT2D eigenvalue weighted by Crippen LogP contribution is 2.38. The molecule has 1 amide bonds. The van der Waals surface area contributed by atoms with E-state index in [4.69, 9.17) is 35.4 Å². The maximum Gasteiger partial charge on any atom is 0.418 e. The molecule has 0 bridgehead atoms. The minimum Gasteiger partial charge on any atom is -0.345 e. The molecule has 1 N–H and O–H groups in total. The summed E-state index contributed by atoms with van der Waals surface area (Å²) in [4.78, 5) is 16.9. The van der Waals surface area contributed by atoms with Gasteiger partial charge in [0.1, 0.15) is 4.88 Å². The number of thiocarbonyl (C=S) groups is 1. The Kier molecular flexibility index (Phi) is 6.53. The number of halogens is 5. The second kappa shape index (κ2) is 9.05. The van der Waals surface area contributed by atoms with Gasteiger partial charge in [0.15, 0.2) is 5.11 Å². The molecule has 4 nitrogen and oxygen atoms in total. The fraction of sp³-hybridized carbons (Fsp3) is 0.238. The van der Waals surface area contributed by atoms with E-state index in [2.05, 4.69) is 5.32 Å². The van der Waals surface area contributed by atoms with Gasteiger partial charge in [0.25, 0.3) is 5.91 Å². The molecule has 1 saturated heterocycles. The molecule has 168 valence electrons. The summed E-state index contributed by atoms with van der Waals surface area (Å²) in [5, 5.41) is 4.62. The first-order valence-electron chi connectivity index (χ1n) is 9.54. The molecule has 0 aliphatic carbocycles. The van der Waals surface area contributed by atoms with Gasteiger partial charge < -0.3 is 15.1 Å². The van der Waals surface area contributed by atoms with E-state index in [1.54, 1.807) is 28.0 Å². The number of benzene rings is 2. The van der Waals surface area contributed by atoms with Crippen LogP contribution in [0.2, 0.25) is 10.0 Å². The van der Waals surface area contributed by atoms with Crippen LogP contribution in [0.4, 0.5) is 18.9 Å². The number of hydrogen-bond acceptors (Lipinski definition) is 3. The van der Waals surface area contributed by atoms with Crippen LogP contribution in [0.15, 0.2) is 42.5 Å². The number of alkyl halides is 3. The zero-order chi connectivity index (χ0) is 23.0. The molecule has 32 heavy (non-hydrogen) atoms. The van der Waals surface area contributed by atoms with E-state index in [9.17, 15) is 18.0 Å². The maximum atomic E-state index is 13.2. The molecule has 11 heteroatoms. The number of nitrogens with one attached hydrogen (secondary N) is 1. The first-order chi connectivity index (χ1) is 15.1. The maximum absolute atomic E-state index is 13.2. The van der Waals surface area contributed by atoms with Crippen LogP contribution in [0.3, 0.4) is 0 Å². The lowest BCUT2D eigenvalue weighted by Crippen LogP contribution is -2.51. The lowest BCUT2D eigenvalue weighted by atomic mass is 10.1. The Morgan fingerprint density at radius 1 is 1.03 bits per heavy atom. The predicted octanol–water partition coefficient (Wildman–Crippen LogP) is 6.38. The predicted molar refractivity (Wildman–Crippen MR) is 127 cm³/mol. The third kappa shape index (κ3) is 4.66. The van der Waals surface area contributed by atoms with Gasteiger partial charge in [-0.3, -0.25) is 4.79 Å². The molecule has 4 rings (SSSR count). The molecule has 0 spiro atoms. The van der Waals surface area contributed by atoms with Crippen molar-refractivity contribution in [1.29, 1.82) is 0 Å². The van der Waals surface area contributed by atoms with Crippen molar-refractivity contribution in [3.63, 3.8) is 0 Å². The van der Waals surface area contributed by atoms with Gasteiger partial charge in [0, 0.05) is 41.3 Å². The molecule has 3 aromatic rings. The van der Waals surface area contributed by atoms with E-state index in [1.807, 2.05) is 0 Å². The standard InChI is InChI=1S/C21H16Cl2F3N3OS2/c22-12-5-6-13-16(11-12)32-18(17(13)23)19(30)28-7-9-29(10-8-28)20(31)27-15-4-2-1-3-14(15)21(24,25)26/h1-6,11H,7-10H2,(H,27,31). The highest BCUT2D eigenvalue weighted by molar-refractivity contribution is 7.80. The van der Waals surface area contributed by atoms with Crippen molar-refractivity contribution in [3.05, 3.63) is 63.0 Å². The smallest absolute Gasteiger partial charge is 0.345 e. The molecular formula is C21H16Cl2F3N3OS2. The number of carbonyl (C=O) groups excluding carboxylic acids is 1. The summed E-state index contributed by atoms with van der Waals surface area (Å²) in [5.41, 5.74) is -0.880. The molecular weight excluding hydrogens is 502 g/mol. The van der Waals surface area contributed by atoms with Crippen LogP contribution in [0.1, 0.15) is 15.2 Å². The number of carbonyl (C=O) groups is 1. The molecule has 1 aliphatic heterocycles. The van der Waals surface area contributed by atoms with Gasteiger partial charge in [-0.1, -0.05) is 41.4 Å². The molecule has 0 atom stereocenters. The van der Waals surface area contributed by atoms with E-state index in [0.29, 0.717) is 41.1 Å². The van der Waals surface area contributed by atoms with Crippen LogP contribution >= 0.6 is 46.8 Å². The SMILES string of the molecule is O=C(c1sc2cc(Cl)ccc2c1Cl)N1CCN(C(=S)Nc2ccccc2C(F)(F)F)CC1. The molecule has 0 saturated carbocycles. The second-order valence-corrected chi connectivity index (χ2v) is 9.39. The first-order valence-corrected chi connectivity index (χ1v) is 11.5. The van der Waals surface area contributed by atoms with Crippen molar-refractivity contribution >= 4 is 73.5 Å². The number of amides is 1. The molecule has 1 aromatic heterocycles. The summed E-state index contributed by atoms with van der Waals surface area (Å²) in [6.45, 7) is 1.51. The van der Waals surface area contributed by atoms with E-state index in [0.717, 1.165) is 16.2 Å². The largest absolute Gasteiger partial charge is 0.418 e. The Balaban J connectivity index is 1.42. The van der Waals surface area contributed by atoms with Crippen LogP contribution < -0.4 is 5.32 Å². The Morgan fingerprint density at radius 3 is 2.38 bits per heavy atom. The van der Waals surface area contributed by atoms with Gasteiger partial charge >= 0.3 is 6.18 Å². The van der Waals surface area contributed by atoms with Crippen molar-refractivity contribution in [2.24, 2.45) is 0 Å². The quantitative estimate of drug-likeness (QED) is 0.400. The Bertz CT molecular complexity index is 1190. The lowest BCUT2D eigenvalue weighted by Gasteiger charge is -2.36. The van der Waals surface area contributed by atoms with Gasteiger partial charge in [-0.15, -0.1) is 11.3 Å². The first kappa shape index (κ1) is 23.1. The summed E-state index contributed by atoms with van der Waals surface area (Å²) in [6.07, 6.45) is -4.49. The van der Waals surface area contributed by atoms with E-state index < -0.39 is 11.7 Å². The zero-order valence-electron chi connectivity index (χ0n) is 16.4. The molecule has 0 radical (unpaired) electrons. The van der Waals surface area contributed by atoms with Gasteiger partial charge in [-0.2, -0.15) is 13.2 Å². The van der Waals surface area contributed by atoms with Gasteiger partial charge in [0.05, 0.1) is 16.3 Å². The average Bonchev–Trinajstić information content (AvgIpc) is 3.08. The van der Waals surface area contributed by atoms with E-state index in [1.165, 1.54) is 29.5 Å². The number of hydrogen-bond donors (Lipinski definition) is 1. The Morgan fingerprint density at radius 2 is 1.69 bits per heavy atom. The molecule has 0 unspecified atom stereocenters. The van der Waals surface area contributed by atoms with Crippen molar-refractivity contribution in [1.82, 2.24) is 9.80 Å². The van der Waals surface area contributed by atoms with Crippen molar-refractivity contribution in [3.8, 4) is 0 Å². The van der Waals surface area contributed by atoms with Crippen LogP contribution in [0.25, 0.3) is 10.1 Å². The number of fused-ring (bicyclic) bond motifs is 1. The van der Waals surface area contributed by atoms with E-state index >= 15 is 0 Å². The van der Waals surface area contributed by atoms with E-state index in [-0.39, 0.29) is 16.7 Å². The number of anilines is 1. The molecule has 1 aliphatic rings. The normalized spacial score (nSPS) is 14.7. The van der Waals surface area contributed by atoms with Crippen LogP contribution in [0.5, 0.6) is 0 Å². The highest BCUT2D eigenvalue weighted by atomic mass is 35.5. The van der Waals surface area contributed by atoms with Gasteiger partial charge in [-0.25, -0.2) is 0 Å². The zero-order valence-corrected chi connectivity index (χ0v) is 19.5. The summed E-state index contributed by atoms with van der Waals surface area (Å²) in [6, 6.07) is 10.5. The third-order valence-corrected chi connectivity index (χ3v) is 7.35. The Hall–Kier alpha value is -2.07. The lowest BCUT2D eigenvalue weighted by molar-refractivity contribution is -0.136. The molecule has 2 heterocycles. The van der Waals surface area contributed by atoms with Crippen LogP contribution in [0, 0.1) is 0 Å². The van der Waals surface area contributed by atoms with Crippen LogP contribution in [-0.4, -0.2) is 47.0 Å². The molecule has 1 fully saturated rings. The number of thiophene rings is 1. The topological polar surface area (TPSA) is 35.6 Å². The molecule has 2 aromatic carbocycles. The summed E-state index contributed by atoms with van der Waals surface area (Å²) < 4.78 is 40.5. The monoisotopic (exact) mass is 517 g/mol. The van der Waals surface area contributed by atoms with Gasteiger partial charge in [-0.05, 0) is 36.5 Å². The fourth-order valence-electron chi connectivity index (χ4n) is 3.47. The third-order valence-electron chi connectivity index (χ3n) is 5.11. The minimum absolute atomic E-state index is 0.0979. The van der Waals surface area contributed by atoms with Crippen molar-refractivity contribution in [2.45, 2.75) is 6.18 Å². The average molecular weight is 518 g/mol. The Labute approximate surface area is 201 Å². The number of rotatable bonds is 2. The number of para-hydroxylation sites is 1. The van der Waals surface area contributed by atoms with Gasteiger partial charge in [0.2, 0.25) is 0 Å². The van der Waals surface area contributed by atoms with Crippen molar-refractivity contribution < 1.29 is 18.0 Å².